The molecule has 2 unspecified atom stereocenters. The van der Waals surface area contributed by atoms with Crippen LogP contribution in [0.3, 0.4) is 0 Å². The van der Waals surface area contributed by atoms with Crippen LogP contribution in [0.5, 0.6) is 5.75 Å². The molecule has 0 spiro atoms. The summed E-state index contributed by atoms with van der Waals surface area (Å²) in [5, 5.41) is 8.77. The quantitative estimate of drug-likeness (QED) is 0.516. The second-order valence-electron chi connectivity index (χ2n) is 8.78. The Bertz CT molecular complexity index is 897. The SMILES string of the molecule is COc1ccccc1C(CNC(=O)C(NC(=O)NCc1ccccc1)C(C)C)N1CCCC1. The number of carbonyl (C=O) groups is 2. The summed E-state index contributed by atoms with van der Waals surface area (Å²) in [6.07, 6.45) is 2.30. The Labute approximate surface area is 196 Å². The summed E-state index contributed by atoms with van der Waals surface area (Å²) >= 11 is 0. The maximum absolute atomic E-state index is 13.1. The molecule has 7 nitrogen and oxygen atoms in total. The fraction of sp³-hybridized carbons (Fsp3) is 0.462. The summed E-state index contributed by atoms with van der Waals surface area (Å²) in [6.45, 7) is 6.71. The number of nitrogens with one attached hydrogen (secondary N) is 3. The first-order chi connectivity index (χ1) is 16.0. The van der Waals surface area contributed by atoms with Crippen molar-refractivity contribution >= 4 is 11.9 Å². The summed E-state index contributed by atoms with van der Waals surface area (Å²) in [5.41, 5.74) is 2.07. The van der Waals surface area contributed by atoms with E-state index in [0.717, 1.165) is 42.8 Å². The number of para-hydroxylation sites is 1. The number of rotatable bonds is 10. The lowest BCUT2D eigenvalue weighted by Crippen LogP contribution is -2.53. The molecule has 0 aromatic heterocycles. The molecule has 2 atom stereocenters. The first kappa shape index (κ1) is 24.6. The maximum Gasteiger partial charge on any atom is 0.315 e. The zero-order valence-corrected chi connectivity index (χ0v) is 19.8. The van der Waals surface area contributed by atoms with Crippen LogP contribution in [0.2, 0.25) is 0 Å². The molecule has 33 heavy (non-hydrogen) atoms. The van der Waals surface area contributed by atoms with E-state index in [-0.39, 0.29) is 23.9 Å². The maximum atomic E-state index is 13.1. The van der Waals surface area contributed by atoms with Crippen molar-refractivity contribution in [2.45, 2.75) is 45.3 Å². The zero-order chi connectivity index (χ0) is 23.6. The minimum atomic E-state index is -0.627. The van der Waals surface area contributed by atoms with Crippen molar-refractivity contribution in [1.82, 2.24) is 20.9 Å². The molecule has 1 saturated heterocycles. The molecule has 3 rings (SSSR count). The standard InChI is InChI=1S/C26H36N4O3/c1-19(2)24(29-26(32)28-17-20-11-5-4-6-12-20)25(31)27-18-22(30-15-9-10-16-30)21-13-7-8-14-23(21)33-3/h4-8,11-14,19,22,24H,9-10,15-18H2,1-3H3,(H,27,31)(H2,28,29,32). The molecule has 1 fully saturated rings. The Kier molecular flexibility index (Phi) is 9.13. The van der Waals surface area contributed by atoms with Crippen LogP contribution < -0.4 is 20.7 Å². The van der Waals surface area contributed by atoms with Crippen LogP contribution in [-0.2, 0) is 11.3 Å². The number of hydrogen-bond donors (Lipinski definition) is 3. The van der Waals surface area contributed by atoms with Gasteiger partial charge in [-0.1, -0.05) is 62.4 Å². The third kappa shape index (κ3) is 6.96. The number of methoxy groups -OCH3 is 1. The van der Waals surface area contributed by atoms with Gasteiger partial charge in [-0.15, -0.1) is 0 Å². The fourth-order valence-electron chi connectivity index (χ4n) is 4.24. The van der Waals surface area contributed by atoms with E-state index in [1.165, 1.54) is 0 Å². The molecule has 0 aliphatic carbocycles. The zero-order valence-electron chi connectivity index (χ0n) is 19.8. The molecule has 7 heteroatoms. The van der Waals surface area contributed by atoms with E-state index in [9.17, 15) is 9.59 Å². The van der Waals surface area contributed by atoms with Gasteiger partial charge in [-0.05, 0) is 43.5 Å². The molecule has 1 aliphatic rings. The van der Waals surface area contributed by atoms with Gasteiger partial charge >= 0.3 is 6.03 Å². The predicted molar refractivity (Wildman–Crippen MR) is 130 cm³/mol. The van der Waals surface area contributed by atoms with Crippen molar-refractivity contribution < 1.29 is 14.3 Å². The summed E-state index contributed by atoms with van der Waals surface area (Å²) in [4.78, 5) is 27.9. The normalized spacial score (nSPS) is 15.6. The summed E-state index contributed by atoms with van der Waals surface area (Å²) in [7, 11) is 1.67. The van der Waals surface area contributed by atoms with Gasteiger partial charge in [-0.25, -0.2) is 4.79 Å². The number of ether oxygens (including phenoxy) is 1. The van der Waals surface area contributed by atoms with E-state index in [1.807, 2.05) is 62.4 Å². The van der Waals surface area contributed by atoms with Crippen LogP contribution in [0.1, 0.15) is 43.9 Å². The van der Waals surface area contributed by atoms with Crippen molar-refractivity contribution in [1.29, 1.82) is 0 Å². The number of likely N-dealkylation sites (tertiary alicyclic amines) is 1. The van der Waals surface area contributed by atoms with E-state index in [2.05, 4.69) is 26.9 Å². The molecule has 3 N–H and O–H groups in total. The molecule has 2 aromatic rings. The molecule has 1 aliphatic heterocycles. The van der Waals surface area contributed by atoms with Crippen molar-refractivity contribution in [2.24, 2.45) is 5.92 Å². The van der Waals surface area contributed by atoms with Gasteiger partial charge in [-0.2, -0.15) is 0 Å². The van der Waals surface area contributed by atoms with E-state index in [4.69, 9.17) is 4.74 Å². The fourth-order valence-corrected chi connectivity index (χ4v) is 4.24. The minimum Gasteiger partial charge on any atom is -0.496 e. The molecular formula is C26H36N4O3. The van der Waals surface area contributed by atoms with Crippen molar-refractivity contribution in [3.8, 4) is 5.75 Å². The first-order valence-electron chi connectivity index (χ1n) is 11.7. The summed E-state index contributed by atoms with van der Waals surface area (Å²) < 4.78 is 5.59. The molecule has 0 bridgehead atoms. The highest BCUT2D eigenvalue weighted by molar-refractivity contribution is 5.87. The average Bonchev–Trinajstić information content (AvgIpc) is 3.36. The molecule has 1 heterocycles. The van der Waals surface area contributed by atoms with E-state index in [1.54, 1.807) is 7.11 Å². The highest BCUT2D eigenvalue weighted by atomic mass is 16.5. The van der Waals surface area contributed by atoms with Crippen LogP contribution in [0, 0.1) is 5.92 Å². The van der Waals surface area contributed by atoms with Crippen molar-refractivity contribution in [2.75, 3.05) is 26.7 Å². The number of amides is 3. The number of nitrogens with zero attached hydrogens (tertiary/aromatic N) is 1. The van der Waals surface area contributed by atoms with Gasteiger partial charge in [0.1, 0.15) is 11.8 Å². The highest BCUT2D eigenvalue weighted by Gasteiger charge is 2.29. The van der Waals surface area contributed by atoms with Gasteiger partial charge < -0.3 is 20.7 Å². The van der Waals surface area contributed by atoms with Crippen LogP contribution in [0.25, 0.3) is 0 Å². The Hall–Kier alpha value is -3.06. The molecule has 0 radical (unpaired) electrons. The van der Waals surface area contributed by atoms with Crippen molar-refractivity contribution in [3.05, 3.63) is 65.7 Å². The molecule has 0 saturated carbocycles. The summed E-state index contributed by atoms with van der Waals surface area (Å²) in [6, 6.07) is 16.7. The van der Waals surface area contributed by atoms with Crippen LogP contribution in [-0.4, -0.2) is 49.6 Å². The van der Waals surface area contributed by atoms with E-state index >= 15 is 0 Å². The Morgan fingerprint density at radius 2 is 1.64 bits per heavy atom. The Morgan fingerprint density at radius 3 is 2.30 bits per heavy atom. The Morgan fingerprint density at radius 1 is 0.970 bits per heavy atom. The second kappa shape index (κ2) is 12.3. The van der Waals surface area contributed by atoms with Gasteiger partial charge in [0.05, 0.1) is 13.2 Å². The topological polar surface area (TPSA) is 82.7 Å². The largest absolute Gasteiger partial charge is 0.496 e. The lowest BCUT2D eigenvalue weighted by Gasteiger charge is -2.30. The van der Waals surface area contributed by atoms with Gasteiger partial charge in [0.15, 0.2) is 0 Å². The molecular weight excluding hydrogens is 416 g/mol. The lowest BCUT2D eigenvalue weighted by molar-refractivity contribution is -0.124. The Balaban J connectivity index is 1.62. The molecule has 2 aromatic carbocycles. The third-order valence-corrected chi connectivity index (χ3v) is 6.08. The second-order valence-corrected chi connectivity index (χ2v) is 8.78. The minimum absolute atomic E-state index is 0.0207. The number of urea groups is 1. The molecule has 3 amide bonds. The van der Waals surface area contributed by atoms with Gasteiger partial charge in [-0.3, -0.25) is 9.69 Å². The van der Waals surface area contributed by atoms with Gasteiger partial charge in [0, 0.05) is 18.7 Å². The van der Waals surface area contributed by atoms with Gasteiger partial charge in [0.25, 0.3) is 0 Å². The average molecular weight is 453 g/mol. The van der Waals surface area contributed by atoms with E-state index < -0.39 is 6.04 Å². The van der Waals surface area contributed by atoms with Crippen LogP contribution in [0.15, 0.2) is 54.6 Å². The molecule has 178 valence electrons. The highest BCUT2D eigenvalue weighted by Crippen LogP contribution is 2.31. The predicted octanol–water partition coefficient (Wildman–Crippen LogP) is 3.47. The number of benzene rings is 2. The lowest BCUT2D eigenvalue weighted by atomic mass is 10.0. The number of hydrogen-bond acceptors (Lipinski definition) is 4. The van der Waals surface area contributed by atoms with E-state index in [0.29, 0.717) is 13.1 Å². The van der Waals surface area contributed by atoms with Crippen LogP contribution >= 0.6 is 0 Å². The third-order valence-electron chi connectivity index (χ3n) is 6.08. The van der Waals surface area contributed by atoms with Gasteiger partial charge in [0.2, 0.25) is 5.91 Å². The smallest absolute Gasteiger partial charge is 0.315 e. The summed E-state index contributed by atoms with van der Waals surface area (Å²) in [5.74, 6) is 0.588. The van der Waals surface area contributed by atoms with Crippen molar-refractivity contribution in [3.63, 3.8) is 0 Å². The monoisotopic (exact) mass is 452 g/mol. The first-order valence-corrected chi connectivity index (χ1v) is 11.7. The van der Waals surface area contributed by atoms with Crippen LogP contribution in [0.4, 0.5) is 4.79 Å². The number of carbonyl (C=O) groups excluding carboxylic acids is 2.